The second-order valence-electron chi connectivity index (χ2n) is 3.93. The lowest BCUT2D eigenvalue weighted by atomic mass is 9.99. The van der Waals surface area contributed by atoms with Gasteiger partial charge < -0.3 is 9.52 Å². The molecule has 2 heterocycles. The van der Waals surface area contributed by atoms with Crippen LogP contribution < -0.4 is 0 Å². The van der Waals surface area contributed by atoms with Gasteiger partial charge in [0.2, 0.25) is 0 Å². The van der Waals surface area contributed by atoms with Crippen molar-refractivity contribution in [3.05, 3.63) is 40.8 Å². The molecular formula is C13H9NO3. The molecule has 0 atom stereocenters. The molecule has 2 aromatic rings. The molecule has 0 spiro atoms. The summed E-state index contributed by atoms with van der Waals surface area (Å²) in [5.74, 6) is -0.947. The minimum Gasteiger partial charge on any atom is -0.478 e. The van der Waals surface area contributed by atoms with Gasteiger partial charge in [-0.1, -0.05) is 0 Å². The Morgan fingerprint density at radius 1 is 1.41 bits per heavy atom. The minimum absolute atomic E-state index is 0.264. The van der Waals surface area contributed by atoms with Crippen molar-refractivity contribution in [1.29, 1.82) is 0 Å². The zero-order valence-electron chi connectivity index (χ0n) is 9.10. The molecule has 1 aromatic carbocycles. The van der Waals surface area contributed by atoms with E-state index in [0.717, 1.165) is 16.5 Å². The Kier molecular flexibility index (Phi) is 1.92. The Morgan fingerprint density at radius 3 is 3.00 bits per heavy atom. The lowest BCUT2D eigenvalue weighted by Crippen LogP contribution is -2.00. The summed E-state index contributed by atoms with van der Waals surface area (Å²) >= 11 is 0. The highest BCUT2D eigenvalue weighted by molar-refractivity contribution is 6.07. The smallest absolute Gasteiger partial charge is 0.336 e. The predicted octanol–water partition coefficient (Wildman–Crippen LogP) is 2.84. The molecule has 84 valence electrons. The van der Waals surface area contributed by atoms with Gasteiger partial charge in [0, 0.05) is 28.9 Å². The van der Waals surface area contributed by atoms with Gasteiger partial charge in [-0.2, -0.15) is 0 Å². The summed E-state index contributed by atoms with van der Waals surface area (Å²) in [7, 11) is 0. The van der Waals surface area contributed by atoms with Gasteiger partial charge in [0.15, 0.2) is 0 Å². The molecule has 0 saturated heterocycles. The van der Waals surface area contributed by atoms with E-state index in [4.69, 9.17) is 9.52 Å². The normalized spacial score (nSPS) is 13.0. The van der Waals surface area contributed by atoms with Crippen LogP contribution >= 0.6 is 0 Å². The Labute approximate surface area is 96.9 Å². The third-order valence-electron chi connectivity index (χ3n) is 2.94. The summed E-state index contributed by atoms with van der Waals surface area (Å²) in [6.07, 6.45) is 6.74. The van der Waals surface area contributed by atoms with Gasteiger partial charge in [-0.15, -0.1) is 0 Å². The van der Waals surface area contributed by atoms with Gasteiger partial charge in [0.1, 0.15) is 11.8 Å². The van der Waals surface area contributed by atoms with E-state index < -0.39 is 5.97 Å². The highest BCUT2D eigenvalue weighted by Gasteiger charge is 2.18. The van der Waals surface area contributed by atoms with E-state index in [1.165, 1.54) is 0 Å². The standard InChI is InChI=1S/C13H9NO3/c1-7-10(13(15)16)4-8-2-3-14-5-9-6-17-12(7)11(8)9/h2-6H,1H3,(H,15,16). The van der Waals surface area contributed by atoms with E-state index >= 15 is 0 Å². The molecule has 0 radical (unpaired) electrons. The molecule has 0 unspecified atom stereocenters. The number of carboxylic acids is 1. The van der Waals surface area contributed by atoms with Crippen LogP contribution in [0, 0.1) is 6.92 Å². The van der Waals surface area contributed by atoms with E-state index in [-0.39, 0.29) is 5.56 Å². The van der Waals surface area contributed by atoms with Crippen LogP contribution in [-0.2, 0) is 0 Å². The largest absolute Gasteiger partial charge is 0.478 e. The van der Waals surface area contributed by atoms with Crippen LogP contribution in [0.3, 0.4) is 0 Å². The molecule has 4 nitrogen and oxygen atoms in total. The highest BCUT2D eigenvalue weighted by Crippen LogP contribution is 2.31. The zero-order valence-corrected chi connectivity index (χ0v) is 9.10. The number of carbonyl (C=O) groups is 1. The molecule has 1 N–H and O–H groups in total. The van der Waals surface area contributed by atoms with Gasteiger partial charge in [-0.05, 0) is 24.6 Å². The molecule has 0 aliphatic carbocycles. The van der Waals surface area contributed by atoms with Crippen molar-refractivity contribution in [2.75, 3.05) is 0 Å². The molecule has 0 bridgehead atoms. The number of benzene rings is 1. The summed E-state index contributed by atoms with van der Waals surface area (Å²) in [5.41, 5.74) is 3.23. The second-order valence-corrected chi connectivity index (χ2v) is 3.93. The molecule has 1 aliphatic heterocycles. The van der Waals surface area contributed by atoms with Crippen LogP contribution in [0.15, 0.2) is 27.9 Å². The Balaban J connectivity index is 2.49. The number of nitrogens with zero attached hydrogens (tertiary/aromatic N) is 1. The first-order valence-electron chi connectivity index (χ1n) is 5.16. The molecule has 4 heteroatoms. The topological polar surface area (TPSA) is 62.8 Å². The quantitative estimate of drug-likeness (QED) is 0.814. The van der Waals surface area contributed by atoms with Gasteiger partial charge in [-0.25, -0.2) is 4.79 Å². The number of hydrogen-bond donors (Lipinski definition) is 1. The van der Waals surface area contributed by atoms with Crippen LogP contribution in [0.25, 0.3) is 17.0 Å². The van der Waals surface area contributed by atoms with E-state index in [9.17, 15) is 4.79 Å². The minimum atomic E-state index is -0.947. The van der Waals surface area contributed by atoms with Crippen molar-refractivity contribution in [2.24, 2.45) is 4.99 Å². The molecule has 3 rings (SSSR count). The van der Waals surface area contributed by atoms with Gasteiger partial charge >= 0.3 is 5.97 Å². The third kappa shape index (κ3) is 1.30. The number of aryl methyl sites for hydroxylation is 1. The summed E-state index contributed by atoms with van der Waals surface area (Å²) in [4.78, 5) is 15.2. The lowest BCUT2D eigenvalue weighted by molar-refractivity contribution is 0.0696. The molecule has 0 fully saturated rings. The van der Waals surface area contributed by atoms with Crippen molar-refractivity contribution in [2.45, 2.75) is 6.92 Å². The molecule has 1 aliphatic rings. The third-order valence-corrected chi connectivity index (χ3v) is 2.94. The zero-order chi connectivity index (χ0) is 12.0. The monoisotopic (exact) mass is 227 g/mol. The maximum atomic E-state index is 11.1. The molecule has 1 aromatic heterocycles. The summed E-state index contributed by atoms with van der Waals surface area (Å²) in [5, 5.41) is 10.1. The number of rotatable bonds is 1. The predicted molar refractivity (Wildman–Crippen MR) is 64.5 cm³/mol. The first-order chi connectivity index (χ1) is 8.18. The lowest BCUT2D eigenvalue weighted by Gasteiger charge is -2.04. The van der Waals surface area contributed by atoms with Crippen LogP contribution in [0.2, 0.25) is 0 Å². The first kappa shape index (κ1) is 9.84. The van der Waals surface area contributed by atoms with Crippen molar-refractivity contribution in [1.82, 2.24) is 0 Å². The summed E-state index contributed by atoms with van der Waals surface area (Å²) in [6, 6.07) is 1.66. The molecular weight excluding hydrogens is 218 g/mol. The number of aromatic carboxylic acids is 1. The number of aliphatic imine (C=N–C) groups is 1. The number of furan rings is 1. The van der Waals surface area contributed by atoms with E-state index in [1.807, 2.05) is 0 Å². The maximum Gasteiger partial charge on any atom is 0.336 e. The first-order valence-corrected chi connectivity index (χ1v) is 5.16. The van der Waals surface area contributed by atoms with Gasteiger partial charge in [0.25, 0.3) is 0 Å². The maximum absolute atomic E-state index is 11.1. The summed E-state index contributed by atoms with van der Waals surface area (Å²) < 4.78 is 5.45. The Hall–Kier alpha value is -2.36. The Morgan fingerprint density at radius 2 is 2.24 bits per heavy atom. The second kappa shape index (κ2) is 3.31. The molecule has 0 amide bonds. The van der Waals surface area contributed by atoms with Crippen molar-refractivity contribution in [3.63, 3.8) is 0 Å². The molecule has 17 heavy (non-hydrogen) atoms. The van der Waals surface area contributed by atoms with Gasteiger partial charge in [-0.3, -0.25) is 4.99 Å². The summed E-state index contributed by atoms with van der Waals surface area (Å²) in [6.45, 7) is 1.75. The number of carboxylic acid groups (broad SMARTS) is 1. The van der Waals surface area contributed by atoms with Crippen LogP contribution in [0.1, 0.15) is 27.0 Å². The fraction of sp³-hybridized carbons (Fsp3) is 0.0769. The van der Waals surface area contributed by atoms with Crippen molar-refractivity contribution in [3.8, 4) is 0 Å². The highest BCUT2D eigenvalue weighted by atomic mass is 16.4. The average Bonchev–Trinajstić information content (AvgIpc) is 2.61. The van der Waals surface area contributed by atoms with E-state index in [0.29, 0.717) is 11.1 Å². The van der Waals surface area contributed by atoms with Crippen LogP contribution in [0.4, 0.5) is 0 Å². The fourth-order valence-corrected chi connectivity index (χ4v) is 2.10. The average molecular weight is 227 g/mol. The van der Waals surface area contributed by atoms with Crippen LogP contribution in [0.5, 0.6) is 0 Å². The number of hydrogen-bond acceptors (Lipinski definition) is 3. The van der Waals surface area contributed by atoms with Gasteiger partial charge in [0.05, 0.1) is 5.56 Å². The fourth-order valence-electron chi connectivity index (χ4n) is 2.10. The van der Waals surface area contributed by atoms with E-state index in [2.05, 4.69) is 4.99 Å². The molecule has 0 saturated carbocycles. The Bertz CT molecular complexity index is 692. The van der Waals surface area contributed by atoms with E-state index in [1.54, 1.807) is 37.7 Å². The van der Waals surface area contributed by atoms with Crippen LogP contribution in [-0.4, -0.2) is 17.3 Å². The SMILES string of the molecule is Cc1c(C(=O)O)cc2c3c(coc13)C=NC=C2. The van der Waals surface area contributed by atoms with Crippen molar-refractivity contribution < 1.29 is 14.3 Å². The van der Waals surface area contributed by atoms with Crippen molar-refractivity contribution >= 4 is 29.2 Å².